The third kappa shape index (κ3) is 4.86. The van der Waals surface area contributed by atoms with Gasteiger partial charge in [-0.05, 0) is 30.9 Å². The Morgan fingerprint density at radius 2 is 2.00 bits per heavy atom. The SMILES string of the molecule is CN(C)c1ccccc1NC(=O)N1CCCC(CN2CCOCC2)C1. The van der Waals surface area contributed by atoms with Gasteiger partial charge in [0.15, 0.2) is 0 Å². The summed E-state index contributed by atoms with van der Waals surface area (Å²) in [4.78, 5) is 19.2. The maximum absolute atomic E-state index is 12.7. The fourth-order valence-electron chi connectivity index (χ4n) is 3.71. The van der Waals surface area contributed by atoms with E-state index in [0.29, 0.717) is 5.92 Å². The minimum absolute atomic E-state index is 0.0148. The highest BCUT2D eigenvalue weighted by Gasteiger charge is 2.26. The third-order valence-electron chi connectivity index (χ3n) is 5.05. The second-order valence-corrected chi connectivity index (χ2v) is 7.21. The van der Waals surface area contributed by atoms with Gasteiger partial charge in [-0.3, -0.25) is 4.90 Å². The van der Waals surface area contributed by atoms with Gasteiger partial charge in [-0.1, -0.05) is 12.1 Å². The summed E-state index contributed by atoms with van der Waals surface area (Å²) in [5.41, 5.74) is 1.89. The summed E-state index contributed by atoms with van der Waals surface area (Å²) in [6.45, 7) is 6.44. The highest BCUT2D eigenvalue weighted by atomic mass is 16.5. The minimum Gasteiger partial charge on any atom is -0.379 e. The number of anilines is 2. The summed E-state index contributed by atoms with van der Waals surface area (Å²) in [6.07, 6.45) is 2.28. The summed E-state index contributed by atoms with van der Waals surface area (Å²) in [7, 11) is 3.98. The van der Waals surface area contributed by atoms with Crippen LogP contribution in [0, 0.1) is 5.92 Å². The van der Waals surface area contributed by atoms with Crippen LogP contribution in [0.4, 0.5) is 16.2 Å². The lowest BCUT2D eigenvalue weighted by Gasteiger charge is -2.36. The van der Waals surface area contributed by atoms with Crippen LogP contribution in [0.25, 0.3) is 0 Å². The van der Waals surface area contributed by atoms with Gasteiger partial charge in [0.1, 0.15) is 0 Å². The molecule has 138 valence electrons. The van der Waals surface area contributed by atoms with E-state index < -0.39 is 0 Å². The molecule has 0 saturated carbocycles. The topological polar surface area (TPSA) is 48.1 Å². The van der Waals surface area contributed by atoms with Crippen LogP contribution < -0.4 is 10.2 Å². The standard InChI is InChI=1S/C19H30N4O2/c1-21(2)18-8-4-3-7-17(18)20-19(24)23-9-5-6-16(15-23)14-22-10-12-25-13-11-22/h3-4,7-8,16H,5-6,9-15H2,1-2H3,(H,20,24). The number of nitrogens with zero attached hydrogens (tertiary/aromatic N) is 3. The van der Waals surface area contributed by atoms with Crippen molar-refractivity contribution in [3.8, 4) is 0 Å². The van der Waals surface area contributed by atoms with Crippen molar-refractivity contribution in [2.45, 2.75) is 12.8 Å². The predicted octanol–water partition coefficient (Wildman–Crippen LogP) is 2.33. The van der Waals surface area contributed by atoms with Crippen LogP contribution in [0.3, 0.4) is 0 Å². The van der Waals surface area contributed by atoms with E-state index in [1.807, 2.05) is 48.2 Å². The lowest BCUT2D eigenvalue weighted by Crippen LogP contribution is -2.47. The van der Waals surface area contributed by atoms with E-state index in [1.54, 1.807) is 0 Å². The number of likely N-dealkylation sites (tertiary alicyclic amines) is 1. The fraction of sp³-hybridized carbons (Fsp3) is 0.632. The first kappa shape index (κ1) is 18.0. The Kier molecular flexibility index (Phi) is 6.15. The Morgan fingerprint density at radius 1 is 1.24 bits per heavy atom. The molecule has 6 nitrogen and oxygen atoms in total. The lowest BCUT2D eigenvalue weighted by atomic mass is 9.97. The average molecular weight is 346 g/mol. The molecule has 0 spiro atoms. The van der Waals surface area contributed by atoms with Crippen molar-refractivity contribution in [1.29, 1.82) is 0 Å². The third-order valence-corrected chi connectivity index (χ3v) is 5.05. The molecule has 2 heterocycles. The molecule has 1 unspecified atom stereocenters. The molecule has 2 aliphatic heterocycles. The summed E-state index contributed by atoms with van der Waals surface area (Å²) in [5.74, 6) is 0.557. The Labute approximate surface area is 150 Å². The zero-order chi connectivity index (χ0) is 17.6. The van der Waals surface area contributed by atoms with Gasteiger partial charge in [0, 0.05) is 46.8 Å². The molecule has 6 heteroatoms. The Bertz CT molecular complexity index is 572. The second-order valence-electron chi connectivity index (χ2n) is 7.21. The van der Waals surface area contributed by atoms with E-state index >= 15 is 0 Å². The Morgan fingerprint density at radius 3 is 2.76 bits per heavy atom. The molecule has 1 atom stereocenters. The zero-order valence-electron chi connectivity index (χ0n) is 15.4. The van der Waals surface area contributed by atoms with Gasteiger partial charge in [-0.25, -0.2) is 4.79 Å². The molecule has 2 saturated heterocycles. The Balaban J connectivity index is 1.56. The summed E-state index contributed by atoms with van der Waals surface area (Å²) >= 11 is 0. The van der Waals surface area contributed by atoms with Crippen molar-refractivity contribution >= 4 is 17.4 Å². The molecule has 0 aliphatic carbocycles. The number of nitrogens with one attached hydrogen (secondary N) is 1. The molecule has 2 amide bonds. The number of hydrogen-bond acceptors (Lipinski definition) is 4. The van der Waals surface area contributed by atoms with Gasteiger partial charge in [0.2, 0.25) is 0 Å². The molecule has 25 heavy (non-hydrogen) atoms. The van der Waals surface area contributed by atoms with Crippen molar-refractivity contribution in [3.05, 3.63) is 24.3 Å². The highest BCUT2D eigenvalue weighted by molar-refractivity contribution is 5.93. The first-order chi connectivity index (χ1) is 12.1. The van der Waals surface area contributed by atoms with E-state index in [-0.39, 0.29) is 6.03 Å². The number of urea groups is 1. The van der Waals surface area contributed by atoms with Crippen LogP contribution in [0.2, 0.25) is 0 Å². The first-order valence-corrected chi connectivity index (χ1v) is 9.26. The summed E-state index contributed by atoms with van der Waals surface area (Å²) < 4.78 is 5.42. The number of hydrogen-bond donors (Lipinski definition) is 1. The normalized spacial score (nSPS) is 21.8. The van der Waals surface area contributed by atoms with Crippen LogP contribution in [-0.4, -0.2) is 75.9 Å². The van der Waals surface area contributed by atoms with Crippen molar-refractivity contribution in [3.63, 3.8) is 0 Å². The van der Waals surface area contributed by atoms with Crippen LogP contribution in [-0.2, 0) is 4.74 Å². The molecule has 3 rings (SSSR count). The van der Waals surface area contributed by atoms with Gasteiger partial charge in [-0.2, -0.15) is 0 Å². The van der Waals surface area contributed by atoms with E-state index in [9.17, 15) is 4.79 Å². The number of carbonyl (C=O) groups excluding carboxylic acids is 1. The molecule has 1 aromatic carbocycles. The van der Waals surface area contributed by atoms with Crippen molar-refractivity contribution in [2.24, 2.45) is 5.92 Å². The van der Waals surface area contributed by atoms with E-state index in [4.69, 9.17) is 4.74 Å². The maximum Gasteiger partial charge on any atom is 0.321 e. The van der Waals surface area contributed by atoms with Crippen molar-refractivity contribution < 1.29 is 9.53 Å². The number of piperidine rings is 1. The highest BCUT2D eigenvalue weighted by Crippen LogP contribution is 2.25. The van der Waals surface area contributed by atoms with Crippen LogP contribution >= 0.6 is 0 Å². The molecule has 1 N–H and O–H groups in total. The van der Waals surface area contributed by atoms with Crippen LogP contribution in [0.5, 0.6) is 0 Å². The molecule has 2 aliphatic rings. The molecular weight excluding hydrogens is 316 g/mol. The largest absolute Gasteiger partial charge is 0.379 e. The van der Waals surface area contributed by atoms with Gasteiger partial charge < -0.3 is 19.9 Å². The predicted molar refractivity (Wildman–Crippen MR) is 101 cm³/mol. The van der Waals surface area contributed by atoms with Gasteiger partial charge in [-0.15, -0.1) is 0 Å². The number of para-hydroxylation sites is 2. The number of ether oxygens (including phenoxy) is 1. The quantitative estimate of drug-likeness (QED) is 0.909. The molecule has 1 aromatic rings. The smallest absolute Gasteiger partial charge is 0.321 e. The molecule has 2 fully saturated rings. The van der Waals surface area contributed by atoms with E-state index in [1.165, 1.54) is 6.42 Å². The monoisotopic (exact) mass is 346 g/mol. The molecule has 0 radical (unpaired) electrons. The number of benzene rings is 1. The first-order valence-electron chi connectivity index (χ1n) is 9.26. The Hall–Kier alpha value is -1.79. The fourth-order valence-corrected chi connectivity index (χ4v) is 3.71. The number of amides is 2. The summed E-state index contributed by atoms with van der Waals surface area (Å²) in [5, 5.41) is 3.10. The minimum atomic E-state index is 0.0148. The van der Waals surface area contributed by atoms with Crippen LogP contribution in [0.15, 0.2) is 24.3 Å². The van der Waals surface area contributed by atoms with Gasteiger partial charge in [0.05, 0.1) is 24.6 Å². The van der Waals surface area contributed by atoms with E-state index in [0.717, 1.165) is 63.7 Å². The summed E-state index contributed by atoms with van der Waals surface area (Å²) in [6, 6.07) is 7.95. The second kappa shape index (κ2) is 8.54. The van der Waals surface area contributed by atoms with Gasteiger partial charge in [0.25, 0.3) is 0 Å². The van der Waals surface area contributed by atoms with Gasteiger partial charge >= 0.3 is 6.03 Å². The number of rotatable bonds is 4. The zero-order valence-corrected chi connectivity index (χ0v) is 15.4. The van der Waals surface area contributed by atoms with Crippen LogP contribution in [0.1, 0.15) is 12.8 Å². The average Bonchev–Trinajstić information content (AvgIpc) is 2.63. The number of carbonyl (C=O) groups is 1. The molecular formula is C19H30N4O2. The van der Waals surface area contributed by atoms with Crippen molar-refractivity contribution in [2.75, 3.05) is 70.2 Å². The van der Waals surface area contributed by atoms with E-state index in [2.05, 4.69) is 10.2 Å². The van der Waals surface area contributed by atoms with Crippen molar-refractivity contribution in [1.82, 2.24) is 9.80 Å². The molecule has 0 bridgehead atoms. The lowest BCUT2D eigenvalue weighted by molar-refractivity contribution is 0.0252. The maximum atomic E-state index is 12.7. The molecule has 0 aromatic heterocycles. The number of morpholine rings is 1.